The molecule has 1 aliphatic rings. The Balaban J connectivity index is 1.60. The first kappa shape index (κ1) is 24.4. The van der Waals surface area contributed by atoms with Gasteiger partial charge in [0, 0.05) is 25.3 Å². The molecule has 1 fully saturated rings. The van der Waals surface area contributed by atoms with Gasteiger partial charge in [0.25, 0.3) is 5.91 Å². The number of nitrogens with zero attached hydrogens (tertiary/aromatic N) is 3. The van der Waals surface area contributed by atoms with Crippen molar-refractivity contribution in [1.82, 2.24) is 15.2 Å². The van der Waals surface area contributed by atoms with E-state index >= 15 is 0 Å². The molecule has 1 N–H and O–H groups in total. The lowest BCUT2D eigenvalue weighted by atomic mass is 10.0. The normalized spacial score (nSPS) is 15.5. The number of benzene rings is 1. The number of rotatable bonds is 10. The molecule has 2 heterocycles. The van der Waals surface area contributed by atoms with E-state index in [0.29, 0.717) is 12.3 Å². The molecule has 0 saturated carbocycles. The number of aryl methyl sites for hydroxylation is 1. The first-order valence-corrected chi connectivity index (χ1v) is 11.5. The van der Waals surface area contributed by atoms with Crippen LogP contribution in [0.2, 0.25) is 0 Å². The van der Waals surface area contributed by atoms with E-state index in [2.05, 4.69) is 22.1 Å². The van der Waals surface area contributed by atoms with E-state index in [-0.39, 0.29) is 11.6 Å². The molecule has 174 valence electrons. The number of nitriles is 1. The molecule has 1 aliphatic heterocycles. The fourth-order valence-corrected chi connectivity index (χ4v) is 3.70. The van der Waals surface area contributed by atoms with Crippen molar-refractivity contribution in [3.8, 4) is 11.8 Å². The summed E-state index contributed by atoms with van der Waals surface area (Å²) in [4.78, 5) is 19.5. The molecule has 1 aromatic carbocycles. The highest BCUT2D eigenvalue weighted by Crippen LogP contribution is 2.22. The number of ether oxygens (including phenoxy) is 2. The number of amides is 1. The molecular weight excluding hydrogens is 416 g/mol. The third kappa shape index (κ3) is 7.70. The van der Waals surface area contributed by atoms with Crippen LogP contribution in [0.1, 0.15) is 42.8 Å². The monoisotopic (exact) mass is 448 g/mol. The maximum atomic E-state index is 12.8. The number of hydrogen-bond acceptors (Lipinski definition) is 6. The minimum absolute atomic E-state index is 0.0391. The van der Waals surface area contributed by atoms with Gasteiger partial charge in [-0.1, -0.05) is 31.5 Å². The van der Waals surface area contributed by atoms with Gasteiger partial charge in [-0.15, -0.1) is 0 Å². The lowest BCUT2D eigenvalue weighted by Gasteiger charge is -2.26. The van der Waals surface area contributed by atoms with E-state index in [0.717, 1.165) is 62.7 Å². The molecule has 0 bridgehead atoms. The fourth-order valence-electron chi connectivity index (χ4n) is 3.70. The van der Waals surface area contributed by atoms with Gasteiger partial charge in [0.1, 0.15) is 24.0 Å². The van der Waals surface area contributed by atoms with Crippen molar-refractivity contribution in [2.45, 2.75) is 32.7 Å². The summed E-state index contributed by atoms with van der Waals surface area (Å²) in [6.07, 6.45) is 3.19. The summed E-state index contributed by atoms with van der Waals surface area (Å²) in [6.45, 7) is 8.89. The van der Waals surface area contributed by atoms with Gasteiger partial charge in [0.05, 0.1) is 24.9 Å². The zero-order valence-corrected chi connectivity index (χ0v) is 19.4. The van der Waals surface area contributed by atoms with Gasteiger partial charge in [-0.3, -0.25) is 14.7 Å². The minimum atomic E-state index is -0.398. The summed E-state index contributed by atoms with van der Waals surface area (Å²) in [7, 11) is 0. The van der Waals surface area contributed by atoms with Crippen LogP contribution in [0.15, 0.2) is 48.0 Å². The summed E-state index contributed by atoms with van der Waals surface area (Å²) in [5.41, 5.74) is 2.44. The quantitative estimate of drug-likeness (QED) is 0.441. The smallest absolute Gasteiger partial charge is 0.262 e. The second-order valence-electron chi connectivity index (χ2n) is 8.06. The molecule has 7 heteroatoms. The zero-order valence-electron chi connectivity index (χ0n) is 19.4. The van der Waals surface area contributed by atoms with Crippen LogP contribution in [0.5, 0.6) is 5.75 Å². The second-order valence-corrected chi connectivity index (χ2v) is 8.06. The Bertz CT molecular complexity index is 976. The summed E-state index contributed by atoms with van der Waals surface area (Å²) >= 11 is 0. The molecule has 1 atom stereocenters. The van der Waals surface area contributed by atoms with Gasteiger partial charge < -0.3 is 14.8 Å². The minimum Gasteiger partial charge on any atom is -0.492 e. The molecule has 1 unspecified atom stereocenters. The van der Waals surface area contributed by atoms with Gasteiger partial charge in [0.2, 0.25) is 0 Å². The lowest BCUT2D eigenvalue weighted by molar-refractivity contribution is -0.117. The van der Waals surface area contributed by atoms with Gasteiger partial charge in [-0.25, -0.2) is 0 Å². The molecule has 2 aromatic rings. The number of hydrogen-bond donors (Lipinski definition) is 1. The lowest BCUT2D eigenvalue weighted by Crippen LogP contribution is -2.38. The molecule has 1 amide bonds. The van der Waals surface area contributed by atoms with E-state index in [4.69, 9.17) is 9.47 Å². The summed E-state index contributed by atoms with van der Waals surface area (Å²) in [6, 6.07) is 15.1. The van der Waals surface area contributed by atoms with Crippen molar-refractivity contribution >= 4 is 12.0 Å². The summed E-state index contributed by atoms with van der Waals surface area (Å²) in [5.74, 6) is 0.404. The van der Waals surface area contributed by atoms with Crippen LogP contribution < -0.4 is 10.1 Å². The summed E-state index contributed by atoms with van der Waals surface area (Å²) < 4.78 is 11.3. The predicted molar refractivity (Wildman–Crippen MR) is 128 cm³/mol. The molecular formula is C26H32N4O3. The van der Waals surface area contributed by atoms with E-state index in [9.17, 15) is 10.1 Å². The average molecular weight is 449 g/mol. The predicted octanol–water partition coefficient (Wildman–Crippen LogP) is 3.67. The van der Waals surface area contributed by atoms with Crippen molar-refractivity contribution in [3.63, 3.8) is 0 Å². The number of carbonyl (C=O) groups is 1. The first-order valence-electron chi connectivity index (χ1n) is 11.5. The van der Waals surface area contributed by atoms with Gasteiger partial charge in [-0.05, 0) is 49.2 Å². The van der Waals surface area contributed by atoms with Crippen LogP contribution in [-0.4, -0.2) is 55.2 Å². The van der Waals surface area contributed by atoms with Crippen LogP contribution in [0.3, 0.4) is 0 Å². The average Bonchev–Trinajstić information content (AvgIpc) is 2.83. The second kappa shape index (κ2) is 12.7. The van der Waals surface area contributed by atoms with Crippen molar-refractivity contribution < 1.29 is 14.3 Å². The Hall–Kier alpha value is -3.21. The summed E-state index contributed by atoms with van der Waals surface area (Å²) in [5, 5.41) is 12.5. The highest BCUT2D eigenvalue weighted by atomic mass is 16.5. The molecule has 3 rings (SSSR count). The standard InChI is InChI=1S/C26H32N4O3/c1-3-5-25(29-26(31)22(19-27)18-23-7-4-6-20(2)28-23)21-8-10-24(11-9-21)33-17-14-30-12-15-32-16-13-30/h4,6-11,18,25H,3,5,12-17H2,1-2H3,(H,29,31)/b22-18+. The van der Waals surface area contributed by atoms with E-state index in [1.54, 1.807) is 6.07 Å². The molecule has 0 radical (unpaired) electrons. The van der Waals surface area contributed by atoms with Gasteiger partial charge >= 0.3 is 0 Å². The largest absolute Gasteiger partial charge is 0.492 e. The van der Waals surface area contributed by atoms with Crippen molar-refractivity contribution in [3.05, 3.63) is 65.0 Å². The number of carbonyl (C=O) groups excluding carboxylic acids is 1. The van der Waals surface area contributed by atoms with Crippen molar-refractivity contribution in [2.24, 2.45) is 0 Å². The Morgan fingerprint density at radius 1 is 1.27 bits per heavy atom. The number of pyridine rings is 1. The van der Waals surface area contributed by atoms with Crippen LogP contribution in [-0.2, 0) is 9.53 Å². The third-order valence-corrected chi connectivity index (χ3v) is 5.51. The van der Waals surface area contributed by atoms with Crippen LogP contribution in [0, 0.1) is 18.3 Å². The molecule has 0 spiro atoms. The maximum absolute atomic E-state index is 12.8. The SMILES string of the molecule is CCCC(NC(=O)/C(C#N)=C/c1cccc(C)n1)c1ccc(OCCN2CCOCC2)cc1. The highest BCUT2D eigenvalue weighted by Gasteiger charge is 2.17. The Labute approximate surface area is 196 Å². The van der Waals surface area contributed by atoms with Crippen LogP contribution >= 0.6 is 0 Å². The van der Waals surface area contributed by atoms with Gasteiger partial charge in [0.15, 0.2) is 0 Å². The number of morpholine rings is 1. The first-order chi connectivity index (χ1) is 16.1. The van der Waals surface area contributed by atoms with Crippen LogP contribution in [0.4, 0.5) is 0 Å². The maximum Gasteiger partial charge on any atom is 0.262 e. The van der Waals surface area contributed by atoms with E-state index in [1.165, 1.54) is 6.08 Å². The Morgan fingerprint density at radius 2 is 2.03 bits per heavy atom. The molecule has 7 nitrogen and oxygen atoms in total. The van der Waals surface area contributed by atoms with Crippen LogP contribution in [0.25, 0.3) is 6.08 Å². The highest BCUT2D eigenvalue weighted by molar-refractivity contribution is 6.01. The van der Waals surface area contributed by atoms with E-state index < -0.39 is 5.91 Å². The van der Waals surface area contributed by atoms with E-state index in [1.807, 2.05) is 49.4 Å². The number of nitrogens with one attached hydrogen (secondary N) is 1. The molecule has 0 aliphatic carbocycles. The molecule has 1 aromatic heterocycles. The molecule has 33 heavy (non-hydrogen) atoms. The third-order valence-electron chi connectivity index (χ3n) is 5.51. The van der Waals surface area contributed by atoms with Crippen molar-refractivity contribution in [1.29, 1.82) is 5.26 Å². The Kier molecular flexibility index (Phi) is 9.43. The van der Waals surface area contributed by atoms with Crippen molar-refractivity contribution in [2.75, 3.05) is 39.5 Å². The fraction of sp³-hybridized carbons (Fsp3) is 0.423. The zero-order chi connectivity index (χ0) is 23.5. The number of aromatic nitrogens is 1. The Morgan fingerprint density at radius 3 is 2.70 bits per heavy atom. The topological polar surface area (TPSA) is 87.5 Å². The molecule has 1 saturated heterocycles. The van der Waals surface area contributed by atoms with Gasteiger partial charge in [-0.2, -0.15) is 5.26 Å².